The van der Waals surface area contributed by atoms with Crippen LogP contribution in [0.5, 0.6) is 5.75 Å². The molecule has 0 saturated heterocycles. The molecule has 0 aromatic heterocycles. The first kappa shape index (κ1) is 10.9. The van der Waals surface area contributed by atoms with Crippen LogP contribution in [-0.2, 0) is 5.60 Å². The molecule has 14 heavy (non-hydrogen) atoms. The van der Waals surface area contributed by atoms with E-state index in [4.69, 9.17) is 4.74 Å². The predicted octanol–water partition coefficient (Wildman–Crippen LogP) is 2.20. The minimum Gasteiger partial charge on any atom is -0.493 e. The van der Waals surface area contributed by atoms with Gasteiger partial charge in [-0.05, 0) is 26.0 Å². The van der Waals surface area contributed by atoms with E-state index in [0.29, 0.717) is 0 Å². The Morgan fingerprint density at radius 3 is 2.07 bits per heavy atom. The molecule has 0 aliphatic carbocycles. The van der Waals surface area contributed by atoms with Crippen LogP contribution >= 0.6 is 0 Å². The van der Waals surface area contributed by atoms with Crippen LogP contribution in [0, 0.1) is 11.6 Å². The number of hydrogen-bond donors (Lipinski definition) is 1. The second-order valence-electron chi connectivity index (χ2n) is 3.50. The van der Waals surface area contributed by atoms with Crippen LogP contribution in [0.1, 0.15) is 19.4 Å². The second-order valence-corrected chi connectivity index (χ2v) is 3.50. The Morgan fingerprint density at radius 1 is 1.21 bits per heavy atom. The molecule has 1 rings (SSSR count). The number of rotatable bonds is 2. The summed E-state index contributed by atoms with van der Waals surface area (Å²) in [5.74, 6) is -1.63. The summed E-state index contributed by atoms with van der Waals surface area (Å²) in [7, 11) is 1.23. The number of hydrogen-bond acceptors (Lipinski definition) is 2. The zero-order chi connectivity index (χ0) is 10.9. The molecule has 0 aliphatic heterocycles. The van der Waals surface area contributed by atoms with Gasteiger partial charge in [0.2, 0.25) is 0 Å². The van der Waals surface area contributed by atoms with Gasteiger partial charge in [0, 0.05) is 0 Å². The molecule has 78 valence electrons. The Kier molecular flexibility index (Phi) is 2.76. The quantitative estimate of drug-likeness (QED) is 0.796. The molecule has 0 atom stereocenters. The van der Waals surface area contributed by atoms with Crippen LogP contribution in [0.15, 0.2) is 12.1 Å². The molecule has 0 fully saturated rings. The standard InChI is InChI=1S/C10H12F2O2/c1-10(2,13)8-6(11)4-5-7(12)9(8)14-3/h4-5,13H,1-3H3. The third-order valence-electron chi connectivity index (χ3n) is 1.87. The molecule has 0 saturated carbocycles. The molecule has 4 heteroatoms. The highest BCUT2D eigenvalue weighted by Crippen LogP contribution is 2.33. The van der Waals surface area contributed by atoms with Crippen molar-refractivity contribution in [3.63, 3.8) is 0 Å². The number of ether oxygens (including phenoxy) is 1. The van der Waals surface area contributed by atoms with Gasteiger partial charge >= 0.3 is 0 Å². The van der Waals surface area contributed by atoms with Crippen LogP contribution in [0.2, 0.25) is 0 Å². The van der Waals surface area contributed by atoms with Gasteiger partial charge in [0.05, 0.1) is 18.3 Å². The Hall–Kier alpha value is -1.16. The van der Waals surface area contributed by atoms with Crippen molar-refractivity contribution >= 4 is 0 Å². The van der Waals surface area contributed by atoms with E-state index in [1.807, 2.05) is 0 Å². The monoisotopic (exact) mass is 202 g/mol. The average Bonchev–Trinajstić information content (AvgIpc) is 2.06. The Balaban J connectivity index is 3.46. The maximum Gasteiger partial charge on any atom is 0.165 e. The maximum absolute atomic E-state index is 13.3. The van der Waals surface area contributed by atoms with Gasteiger partial charge in [-0.25, -0.2) is 8.78 Å². The highest BCUT2D eigenvalue weighted by atomic mass is 19.1. The lowest BCUT2D eigenvalue weighted by Gasteiger charge is -2.21. The Bertz CT molecular complexity index is 343. The molecular formula is C10H12F2O2. The number of halogens is 2. The third kappa shape index (κ3) is 1.85. The lowest BCUT2D eigenvalue weighted by molar-refractivity contribution is 0.0706. The molecule has 0 aliphatic rings. The zero-order valence-electron chi connectivity index (χ0n) is 8.27. The molecule has 2 nitrogen and oxygen atoms in total. The molecule has 1 aromatic carbocycles. The smallest absolute Gasteiger partial charge is 0.165 e. The maximum atomic E-state index is 13.3. The van der Waals surface area contributed by atoms with Crippen molar-refractivity contribution in [2.75, 3.05) is 7.11 Å². The van der Waals surface area contributed by atoms with E-state index in [1.54, 1.807) is 0 Å². The van der Waals surface area contributed by atoms with E-state index in [9.17, 15) is 13.9 Å². The molecular weight excluding hydrogens is 190 g/mol. The van der Waals surface area contributed by atoms with Gasteiger partial charge in [0.25, 0.3) is 0 Å². The lowest BCUT2D eigenvalue weighted by atomic mass is 9.96. The summed E-state index contributed by atoms with van der Waals surface area (Å²) in [4.78, 5) is 0. The molecule has 0 heterocycles. The first-order chi connectivity index (χ1) is 6.38. The minimum atomic E-state index is -1.47. The van der Waals surface area contributed by atoms with Crippen LogP contribution in [0.4, 0.5) is 8.78 Å². The largest absolute Gasteiger partial charge is 0.493 e. The molecule has 1 aromatic rings. The summed E-state index contributed by atoms with van der Waals surface area (Å²) in [5, 5.41) is 9.62. The second kappa shape index (κ2) is 3.53. The topological polar surface area (TPSA) is 29.5 Å². The molecule has 0 unspecified atom stereocenters. The molecule has 0 spiro atoms. The average molecular weight is 202 g/mol. The van der Waals surface area contributed by atoms with E-state index < -0.39 is 17.2 Å². The summed E-state index contributed by atoms with van der Waals surface area (Å²) in [6.07, 6.45) is 0. The molecule has 0 amide bonds. The first-order valence-corrected chi connectivity index (χ1v) is 4.12. The van der Waals surface area contributed by atoms with Crippen LogP contribution in [-0.4, -0.2) is 12.2 Å². The summed E-state index contributed by atoms with van der Waals surface area (Å²) in [5.41, 5.74) is -1.64. The number of methoxy groups -OCH3 is 1. The van der Waals surface area contributed by atoms with E-state index in [1.165, 1.54) is 21.0 Å². The summed E-state index contributed by atoms with van der Waals surface area (Å²) in [6.45, 7) is 2.74. The normalized spacial score (nSPS) is 11.6. The predicted molar refractivity (Wildman–Crippen MR) is 48.2 cm³/mol. The molecule has 0 bridgehead atoms. The van der Waals surface area contributed by atoms with E-state index >= 15 is 0 Å². The minimum absolute atomic E-state index is 0.167. The van der Waals surface area contributed by atoms with Crippen molar-refractivity contribution in [2.45, 2.75) is 19.4 Å². The van der Waals surface area contributed by atoms with E-state index in [2.05, 4.69) is 0 Å². The van der Waals surface area contributed by atoms with Crippen molar-refractivity contribution in [3.8, 4) is 5.75 Å². The fourth-order valence-electron chi connectivity index (χ4n) is 1.30. The zero-order valence-corrected chi connectivity index (χ0v) is 8.27. The van der Waals surface area contributed by atoms with Gasteiger partial charge in [-0.2, -0.15) is 0 Å². The highest BCUT2D eigenvalue weighted by Gasteiger charge is 2.27. The molecule has 1 N–H and O–H groups in total. The van der Waals surface area contributed by atoms with Crippen LogP contribution < -0.4 is 4.74 Å². The van der Waals surface area contributed by atoms with E-state index in [0.717, 1.165) is 12.1 Å². The Labute approximate surface area is 81.1 Å². The van der Waals surface area contributed by atoms with Crippen molar-refractivity contribution < 1.29 is 18.6 Å². The summed E-state index contributed by atoms with van der Waals surface area (Å²) in [6, 6.07) is 1.93. The van der Waals surface area contributed by atoms with Gasteiger partial charge in [-0.1, -0.05) is 0 Å². The fraction of sp³-hybridized carbons (Fsp3) is 0.400. The van der Waals surface area contributed by atoms with Crippen molar-refractivity contribution in [1.29, 1.82) is 0 Å². The number of aliphatic hydroxyl groups is 1. The van der Waals surface area contributed by atoms with Gasteiger partial charge in [-0.15, -0.1) is 0 Å². The van der Waals surface area contributed by atoms with E-state index in [-0.39, 0.29) is 11.3 Å². The Morgan fingerprint density at radius 2 is 1.71 bits per heavy atom. The summed E-state index contributed by atoms with van der Waals surface area (Å²) < 4.78 is 31.2. The van der Waals surface area contributed by atoms with Crippen LogP contribution in [0.3, 0.4) is 0 Å². The van der Waals surface area contributed by atoms with Gasteiger partial charge in [-0.3, -0.25) is 0 Å². The van der Waals surface area contributed by atoms with Crippen molar-refractivity contribution in [3.05, 3.63) is 29.3 Å². The van der Waals surface area contributed by atoms with Crippen LogP contribution in [0.25, 0.3) is 0 Å². The van der Waals surface area contributed by atoms with Gasteiger partial charge < -0.3 is 9.84 Å². The highest BCUT2D eigenvalue weighted by molar-refractivity contribution is 5.39. The SMILES string of the molecule is COc1c(F)ccc(F)c1C(C)(C)O. The van der Waals surface area contributed by atoms with Gasteiger partial charge in [0.15, 0.2) is 11.6 Å². The summed E-state index contributed by atoms with van der Waals surface area (Å²) >= 11 is 0. The number of benzene rings is 1. The third-order valence-corrected chi connectivity index (χ3v) is 1.87. The van der Waals surface area contributed by atoms with Crippen molar-refractivity contribution in [2.24, 2.45) is 0 Å². The fourth-order valence-corrected chi connectivity index (χ4v) is 1.30. The first-order valence-electron chi connectivity index (χ1n) is 4.12. The lowest BCUT2D eigenvalue weighted by Crippen LogP contribution is -2.19. The van der Waals surface area contributed by atoms with Gasteiger partial charge in [0.1, 0.15) is 5.82 Å². The molecule has 0 radical (unpaired) electrons. The van der Waals surface area contributed by atoms with Crippen molar-refractivity contribution in [1.82, 2.24) is 0 Å².